The molecule has 106 valence electrons. The van der Waals surface area contributed by atoms with Crippen LogP contribution in [0.2, 0.25) is 0 Å². The van der Waals surface area contributed by atoms with Crippen molar-refractivity contribution in [2.75, 3.05) is 18.8 Å². The lowest BCUT2D eigenvalue weighted by Crippen LogP contribution is -2.29. The smallest absolute Gasteiger partial charge is 0.243 e. The predicted molar refractivity (Wildman–Crippen MR) is 77.5 cm³/mol. The molecule has 1 aromatic carbocycles. The van der Waals surface area contributed by atoms with Gasteiger partial charge in [-0.1, -0.05) is 13.3 Å². The van der Waals surface area contributed by atoms with E-state index in [-0.39, 0.29) is 0 Å². The van der Waals surface area contributed by atoms with Gasteiger partial charge in [-0.2, -0.15) is 4.31 Å². The number of anilines is 1. The van der Waals surface area contributed by atoms with Gasteiger partial charge < -0.3 is 5.73 Å². The summed E-state index contributed by atoms with van der Waals surface area (Å²) in [5.74, 6) is 0.484. The molecule has 0 radical (unpaired) electrons. The van der Waals surface area contributed by atoms with E-state index in [4.69, 9.17) is 5.73 Å². The van der Waals surface area contributed by atoms with Crippen LogP contribution in [0.4, 0.5) is 5.69 Å². The highest BCUT2D eigenvalue weighted by atomic mass is 32.2. The van der Waals surface area contributed by atoms with Crippen LogP contribution < -0.4 is 5.73 Å². The summed E-state index contributed by atoms with van der Waals surface area (Å²) in [5, 5.41) is 0. The molecule has 1 heterocycles. The van der Waals surface area contributed by atoms with Crippen LogP contribution in [0.15, 0.2) is 17.0 Å². The lowest BCUT2D eigenvalue weighted by Gasteiger charge is -2.19. The van der Waals surface area contributed by atoms with Gasteiger partial charge in [0.25, 0.3) is 0 Å². The molecule has 1 unspecified atom stereocenters. The summed E-state index contributed by atoms with van der Waals surface area (Å²) in [4.78, 5) is 0.363. The van der Waals surface area contributed by atoms with Gasteiger partial charge in [0.1, 0.15) is 0 Å². The molecule has 2 N–H and O–H groups in total. The van der Waals surface area contributed by atoms with E-state index in [1.807, 2.05) is 13.0 Å². The maximum Gasteiger partial charge on any atom is 0.243 e. The third-order valence-electron chi connectivity index (χ3n) is 3.99. The molecule has 1 atom stereocenters. The summed E-state index contributed by atoms with van der Waals surface area (Å²) in [7, 11) is -3.40. The first-order valence-corrected chi connectivity index (χ1v) is 8.17. The molecule has 0 amide bonds. The van der Waals surface area contributed by atoms with E-state index in [2.05, 4.69) is 6.92 Å². The second-order valence-electron chi connectivity index (χ2n) is 5.40. The highest BCUT2D eigenvalue weighted by Crippen LogP contribution is 2.30. The van der Waals surface area contributed by atoms with Crippen LogP contribution in [-0.4, -0.2) is 25.8 Å². The number of hydrogen-bond acceptors (Lipinski definition) is 3. The van der Waals surface area contributed by atoms with Gasteiger partial charge in [-0.15, -0.1) is 0 Å². The largest absolute Gasteiger partial charge is 0.398 e. The van der Waals surface area contributed by atoms with E-state index in [1.54, 1.807) is 17.3 Å². The number of aryl methyl sites for hydroxylation is 1. The van der Waals surface area contributed by atoms with Crippen molar-refractivity contribution < 1.29 is 8.42 Å². The molecule has 2 rings (SSSR count). The minimum absolute atomic E-state index is 0.363. The molecule has 1 aromatic rings. The molecule has 1 saturated heterocycles. The van der Waals surface area contributed by atoms with E-state index in [1.165, 1.54) is 0 Å². The molecule has 0 saturated carbocycles. The van der Waals surface area contributed by atoms with E-state index in [9.17, 15) is 8.42 Å². The number of hydrogen-bond donors (Lipinski definition) is 1. The molecule has 0 spiro atoms. The Hall–Kier alpha value is -1.07. The van der Waals surface area contributed by atoms with Crippen molar-refractivity contribution in [3.8, 4) is 0 Å². The van der Waals surface area contributed by atoms with Crippen molar-refractivity contribution in [1.82, 2.24) is 4.31 Å². The Balaban J connectivity index is 2.41. The highest BCUT2D eigenvalue weighted by Gasteiger charge is 2.33. The maximum atomic E-state index is 12.7. The summed E-state index contributed by atoms with van der Waals surface area (Å²) in [6.07, 6.45) is 1.98. The van der Waals surface area contributed by atoms with Crippen molar-refractivity contribution in [2.24, 2.45) is 5.92 Å². The first-order valence-electron chi connectivity index (χ1n) is 6.73. The van der Waals surface area contributed by atoms with Crippen LogP contribution in [-0.2, 0) is 10.0 Å². The van der Waals surface area contributed by atoms with Gasteiger partial charge in [0.2, 0.25) is 10.0 Å². The number of rotatable bonds is 3. The summed E-state index contributed by atoms with van der Waals surface area (Å²) >= 11 is 0. The zero-order valence-electron chi connectivity index (χ0n) is 11.8. The van der Waals surface area contributed by atoms with Gasteiger partial charge in [0, 0.05) is 18.8 Å². The molecule has 0 aromatic heterocycles. The van der Waals surface area contributed by atoms with Gasteiger partial charge in [0.05, 0.1) is 4.90 Å². The summed E-state index contributed by atoms with van der Waals surface area (Å²) in [6, 6.07) is 3.54. The van der Waals surface area contributed by atoms with Gasteiger partial charge in [-0.05, 0) is 49.4 Å². The standard InChI is InChI=1S/C14H22N2O2S/c1-4-12-5-6-16(9-12)19(17,18)14-8-10(2)7-13(15)11(14)3/h7-8,12H,4-6,9,15H2,1-3H3. The normalized spacial score (nSPS) is 20.9. The molecule has 0 aliphatic carbocycles. The molecule has 1 fully saturated rings. The average Bonchev–Trinajstić information content (AvgIpc) is 2.83. The van der Waals surface area contributed by atoms with Crippen molar-refractivity contribution in [3.05, 3.63) is 23.3 Å². The van der Waals surface area contributed by atoms with Crippen LogP contribution >= 0.6 is 0 Å². The van der Waals surface area contributed by atoms with Crippen LogP contribution in [0, 0.1) is 19.8 Å². The van der Waals surface area contributed by atoms with Gasteiger partial charge in [-0.3, -0.25) is 0 Å². The second-order valence-corrected chi connectivity index (χ2v) is 7.31. The van der Waals surface area contributed by atoms with E-state index in [0.29, 0.717) is 35.2 Å². The Bertz CT molecular complexity index is 581. The van der Waals surface area contributed by atoms with Gasteiger partial charge in [-0.25, -0.2) is 8.42 Å². The molecule has 0 bridgehead atoms. The first kappa shape index (κ1) is 14.3. The molecular weight excluding hydrogens is 260 g/mol. The average molecular weight is 282 g/mol. The first-order chi connectivity index (χ1) is 8.86. The summed E-state index contributed by atoms with van der Waals surface area (Å²) < 4.78 is 27.0. The lowest BCUT2D eigenvalue weighted by molar-refractivity contribution is 0.452. The monoisotopic (exact) mass is 282 g/mol. The van der Waals surface area contributed by atoms with Crippen molar-refractivity contribution >= 4 is 15.7 Å². The summed E-state index contributed by atoms with van der Waals surface area (Å²) in [6.45, 7) is 7.00. The number of nitrogen functional groups attached to an aromatic ring is 1. The van der Waals surface area contributed by atoms with E-state index in [0.717, 1.165) is 18.4 Å². The Labute approximate surface area is 115 Å². The molecule has 5 heteroatoms. The van der Waals surface area contributed by atoms with Crippen molar-refractivity contribution in [3.63, 3.8) is 0 Å². The molecule has 1 aliphatic heterocycles. The Morgan fingerprint density at radius 3 is 2.63 bits per heavy atom. The zero-order valence-corrected chi connectivity index (χ0v) is 12.6. The highest BCUT2D eigenvalue weighted by molar-refractivity contribution is 7.89. The predicted octanol–water partition coefficient (Wildman–Crippen LogP) is 2.31. The van der Waals surface area contributed by atoms with Crippen LogP contribution in [0.25, 0.3) is 0 Å². The Morgan fingerprint density at radius 2 is 2.05 bits per heavy atom. The van der Waals surface area contributed by atoms with Crippen LogP contribution in [0.1, 0.15) is 30.9 Å². The fourth-order valence-electron chi connectivity index (χ4n) is 2.61. The second kappa shape index (κ2) is 5.13. The third kappa shape index (κ3) is 2.62. The number of benzene rings is 1. The quantitative estimate of drug-likeness (QED) is 0.865. The minimum atomic E-state index is -3.40. The van der Waals surface area contributed by atoms with Crippen molar-refractivity contribution in [2.45, 2.75) is 38.5 Å². The minimum Gasteiger partial charge on any atom is -0.398 e. The van der Waals surface area contributed by atoms with Gasteiger partial charge in [0.15, 0.2) is 0 Å². The number of sulfonamides is 1. The lowest BCUT2D eigenvalue weighted by atomic mass is 10.1. The SMILES string of the molecule is CCC1CCN(S(=O)(=O)c2cc(C)cc(N)c2C)C1. The fraction of sp³-hybridized carbons (Fsp3) is 0.571. The Kier molecular flexibility index (Phi) is 3.87. The van der Waals surface area contributed by atoms with Crippen molar-refractivity contribution in [1.29, 1.82) is 0 Å². The fourth-order valence-corrected chi connectivity index (χ4v) is 4.48. The number of nitrogens with two attached hydrogens (primary N) is 1. The van der Waals surface area contributed by atoms with Gasteiger partial charge >= 0.3 is 0 Å². The van der Waals surface area contributed by atoms with Crippen LogP contribution in [0.3, 0.4) is 0 Å². The van der Waals surface area contributed by atoms with E-state index >= 15 is 0 Å². The maximum absolute atomic E-state index is 12.7. The van der Waals surface area contributed by atoms with Crippen LogP contribution in [0.5, 0.6) is 0 Å². The topological polar surface area (TPSA) is 63.4 Å². The third-order valence-corrected chi connectivity index (χ3v) is 5.98. The molecule has 19 heavy (non-hydrogen) atoms. The zero-order chi connectivity index (χ0) is 14.2. The van der Waals surface area contributed by atoms with E-state index < -0.39 is 10.0 Å². The Morgan fingerprint density at radius 1 is 1.37 bits per heavy atom. The molecular formula is C14H22N2O2S. The molecule has 1 aliphatic rings. The molecule has 4 nitrogen and oxygen atoms in total. The number of nitrogens with zero attached hydrogens (tertiary/aromatic N) is 1. The summed E-state index contributed by atoms with van der Waals surface area (Å²) in [5.41, 5.74) is 7.97.